The van der Waals surface area contributed by atoms with Crippen LogP contribution in [0.15, 0.2) is 72.0 Å². The molecule has 0 aliphatic heterocycles. The zero-order valence-electron chi connectivity index (χ0n) is 16.3. The molecule has 28 heavy (non-hydrogen) atoms. The second-order valence-electron chi connectivity index (χ2n) is 7.21. The van der Waals surface area contributed by atoms with Gasteiger partial charge in [-0.3, -0.25) is 4.99 Å². The van der Waals surface area contributed by atoms with Crippen molar-refractivity contribution in [1.29, 1.82) is 0 Å². The molecule has 144 valence electrons. The number of aromatic nitrogens is 1. The van der Waals surface area contributed by atoms with Gasteiger partial charge in [0.25, 0.3) is 0 Å². The molecule has 4 heteroatoms. The van der Waals surface area contributed by atoms with Gasteiger partial charge in [0, 0.05) is 30.2 Å². The van der Waals surface area contributed by atoms with Crippen LogP contribution in [-0.4, -0.2) is 17.9 Å². The molecule has 1 aliphatic carbocycles. The first-order valence-corrected chi connectivity index (χ1v) is 9.94. The van der Waals surface area contributed by atoms with Crippen molar-refractivity contribution in [3.8, 4) is 17.2 Å². The number of rotatable bonds is 6. The van der Waals surface area contributed by atoms with Crippen molar-refractivity contribution < 1.29 is 9.47 Å². The first kappa shape index (κ1) is 18.4. The Morgan fingerprint density at radius 2 is 1.50 bits per heavy atom. The summed E-state index contributed by atoms with van der Waals surface area (Å²) in [6, 6.07) is 18.1. The molecule has 4 nitrogen and oxygen atoms in total. The highest BCUT2D eigenvalue weighted by Crippen LogP contribution is 2.29. The predicted octanol–water partition coefficient (Wildman–Crippen LogP) is 6.54. The Labute approximate surface area is 166 Å². The fourth-order valence-corrected chi connectivity index (χ4v) is 3.64. The summed E-state index contributed by atoms with van der Waals surface area (Å²) in [6.45, 7) is 0. The molecular weight excluding hydrogens is 348 g/mol. The molecule has 0 saturated heterocycles. The lowest BCUT2D eigenvalue weighted by atomic mass is 9.95. The maximum Gasteiger partial charge on any atom is 0.127 e. The van der Waals surface area contributed by atoms with Crippen molar-refractivity contribution in [1.82, 2.24) is 4.57 Å². The summed E-state index contributed by atoms with van der Waals surface area (Å²) in [5.41, 5.74) is 2.05. The quantitative estimate of drug-likeness (QED) is 0.459. The lowest BCUT2D eigenvalue weighted by Gasteiger charge is -2.23. The van der Waals surface area contributed by atoms with Crippen LogP contribution in [0.1, 0.15) is 43.7 Å². The molecule has 0 radical (unpaired) electrons. The molecule has 0 bridgehead atoms. The summed E-state index contributed by atoms with van der Waals surface area (Å²) in [5.74, 6) is 2.38. The van der Waals surface area contributed by atoms with E-state index >= 15 is 0 Å². The number of aliphatic imine (C=N–C) groups is 1. The summed E-state index contributed by atoms with van der Waals surface area (Å²) in [6.07, 6.45) is 13.0. The van der Waals surface area contributed by atoms with Crippen LogP contribution in [0, 0.1) is 0 Å². The first-order chi connectivity index (χ1) is 13.8. The molecule has 2 aromatic carbocycles. The maximum absolute atomic E-state index is 5.86. The van der Waals surface area contributed by atoms with Gasteiger partial charge in [0.2, 0.25) is 0 Å². The van der Waals surface area contributed by atoms with E-state index in [9.17, 15) is 0 Å². The fraction of sp³-hybridized carbons (Fsp3) is 0.292. The first-order valence-electron chi connectivity index (χ1n) is 9.94. The van der Waals surface area contributed by atoms with Crippen LogP contribution in [-0.2, 0) is 0 Å². The monoisotopic (exact) mass is 374 g/mol. The zero-order chi connectivity index (χ0) is 19.2. The second-order valence-corrected chi connectivity index (χ2v) is 7.21. The van der Waals surface area contributed by atoms with Crippen LogP contribution in [0.5, 0.6) is 17.2 Å². The van der Waals surface area contributed by atoms with E-state index in [0.717, 1.165) is 28.5 Å². The minimum Gasteiger partial charge on any atom is -0.497 e. The Bertz CT molecular complexity index is 905. The van der Waals surface area contributed by atoms with E-state index in [2.05, 4.69) is 28.0 Å². The van der Waals surface area contributed by atoms with Gasteiger partial charge in [-0.15, -0.1) is 0 Å². The summed E-state index contributed by atoms with van der Waals surface area (Å²) >= 11 is 0. The van der Waals surface area contributed by atoms with E-state index in [1.54, 1.807) is 7.11 Å². The molecule has 3 aromatic rings. The van der Waals surface area contributed by atoms with Gasteiger partial charge in [-0.1, -0.05) is 19.3 Å². The van der Waals surface area contributed by atoms with Crippen molar-refractivity contribution in [3.05, 3.63) is 72.6 Å². The molecule has 0 spiro atoms. The highest BCUT2D eigenvalue weighted by atomic mass is 16.5. The van der Waals surface area contributed by atoms with Gasteiger partial charge in [-0.2, -0.15) is 0 Å². The van der Waals surface area contributed by atoms with E-state index in [-0.39, 0.29) is 0 Å². The number of nitrogens with zero attached hydrogens (tertiary/aromatic N) is 2. The standard InChI is InChI=1S/C24H26N2O2/c1-27-22-11-13-24(14-12-22)28-23-9-7-20(8-10-23)25-17-19-15-16-26(18-19)21-5-3-2-4-6-21/h7-18,21H,2-6H2,1H3. The molecule has 1 aromatic heterocycles. The molecule has 1 heterocycles. The SMILES string of the molecule is COc1ccc(Oc2ccc(N=Cc3ccn(C4CCCCC4)c3)cc2)cc1. The third-order valence-corrected chi connectivity index (χ3v) is 5.23. The van der Waals surface area contributed by atoms with Gasteiger partial charge in [-0.25, -0.2) is 0 Å². The molecule has 4 rings (SSSR count). The fourth-order valence-electron chi connectivity index (χ4n) is 3.64. The molecular formula is C24H26N2O2. The number of hydrogen-bond acceptors (Lipinski definition) is 3. The van der Waals surface area contributed by atoms with Crippen molar-refractivity contribution in [2.24, 2.45) is 4.99 Å². The molecule has 0 amide bonds. The van der Waals surface area contributed by atoms with E-state index in [4.69, 9.17) is 9.47 Å². The number of benzene rings is 2. The van der Waals surface area contributed by atoms with E-state index < -0.39 is 0 Å². The Hall–Kier alpha value is -3.01. The van der Waals surface area contributed by atoms with Crippen LogP contribution in [0.25, 0.3) is 0 Å². The Morgan fingerprint density at radius 1 is 0.857 bits per heavy atom. The Kier molecular flexibility index (Phi) is 5.76. The largest absolute Gasteiger partial charge is 0.497 e. The predicted molar refractivity (Wildman–Crippen MR) is 113 cm³/mol. The minimum absolute atomic E-state index is 0.658. The minimum atomic E-state index is 0.658. The zero-order valence-corrected chi connectivity index (χ0v) is 16.3. The van der Waals surface area contributed by atoms with E-state index in [1.807, 2.05) is 54.7 Å². The van der Waals surface area contributed by atoms with Gasteiger partial charge in [0.1, 0.15) is 17.2 Å². The number of methoxy groups -OCH3 is 1. The summed E-state index contributed by atoms with van der Waals surface area (Å²) in [7, 11) is 1.65. The third kappa shape index (κ3) is 4.63. The molecule has 0 N–H and O–H groups in total. The lowest BCUT2D eigenvalue weighted by molar-refractivity contribution is 0.354. The topological polar surface area (TPSA) is 35.8 Å². The molecule has 1 saturated carbocycles. The second kappa shape index (κ2) is 8.79. The van der Waals surface area contributed by atoms with Gasteiger partial charge in [0.15, 0.2) is 0 Å². The van der Waals surface area contributed by atoms with Gasteiger partial charge in [-0.05, 0) is 67.4 Å². The van der Waals surface area contributed by atoms with Gasteiger partial charge < -0.3 is 14.0 Å². The smallest absolute Gasteiger partial charge is 0.127 e. The van der Waals surface area contributed by atoms with Crippen LogP contribution < -0.4 is 9.47 Å². The summed E-state index contributed by atoms with van der Waals surface area (Å²) in [5, 5.41) is 0. The highest BCUT2D eigenvalue weighted by Gasteiger charge is 2.14. The average molecular weight is 374 g/mol. The highest BCUT2D eigenvalue weighted by molar-refractivity contribution is 5.81. The molecule has 0 atom stereocenters. The number of hydrogen-bond donors (Lipinski definition) is 0. The summed E-state index contributed by atoms with van der Waals surface area (Å²) in [4.78, 5) is 4.60. The van der Waals surface area contributed by atoms with E-state index in [0.29, 0.717) is 6.04 Å². The molecule has 1 aliphatic rings. The van der Waals surface area contributed by atoms with Crippen molar-refractivity contribution in [3.63, 3.8) is 0 Å². The van der Waals surface area contributed by atoms with Crippen molar-refractivity contribution in [2.45, 2.75) is 38.1 Å². The van der Waals surface area contributed by atoms with Crippen molar-refractivity contribution in [2.75, 3.05) is 7.11 Å². The van der Waals surface area contributed by atoms with Crippen LogP contribution >= 0.6 is 0 Å². The summed E-state index contributed by atoms with van der Waals surface area (Å²) < 4.78 is 13.4. The normalized spacial score (nSPS) is 15.0. The van der Waals surface area contributed by atoms with E-state index in [1.165, 1.54) is 32.1 Å². The lowest BCUT2D eigenvalue weighted by Crippen LogP contribution is -2.10. The molecule has 0 unspecified atom stereocenters. The van der Waals surface area contributed by atoms with Gasteiger partial charge in [0.05, 0.1) is 12.8 Å². The van der Waals surface area contributed by atoms with Crippen molar-refractivity contribution >= 4 is 11.9 Å². The Morgan fingerprint density at radius 3 is 2.18 bits per heavy atom. The number of ether oxygens (including phenoxy) is 2. The van der Waals surface area contributed by atoms with Crippen LogP contribution in [0.2, 0.25) is 0 Å². The van der Waals surface area contributed by atoms with Gasteiger partial charge >= 0.3 is 0 Å². The third-order valence-electron chi connectivity index (χ3n) is 5.23. The Balaban J connectivity index is 1.36. The molecule has 1 fully saturated rings. The maximum atomic E-state index is 5.86. The van der Waals surface area contributed by atoms with Crippen LogP contribution in [0.4, 0.5) is 5.69 Å². The van der Waals surface area contributed by atoms with Crippen LogP contribution in [0.3, 0.4) is 0 Å². The average Bonchev–Trinajstić information content (AvgIpc) is 3.24.